The Morgan fingerprint density at radius 3 is 2.81 bits per heavy atom. The van der Waals surface area contributed by atoms with Gasteiger partial charge in [-0.1, -0.05) is 26.0 Å². The Balaban J connectivity index is 1.76. The van der Waals surface area contributed by atoms with Crippen LogP contribution in [0.25, 0.3) is 11.3 Å². The number of nitrogens with one attached hydrogen (secondary N) is 1. The van der Waals surface area contributed by atoms with E-state index in [0.717, 1.165) is 48.0 Å². The van der Waals surface area contributed by atoms with Crippen molar-refractivity contribution >= 4 is 5.91 Å². The van der Waals surface area contributed by atoms with E-state index >= 15 is 0 Å². The summed E-state index contributed by atoms with van der Waals surface area (Å²) < 4.78 is 2.06. The van der Waals surface area contributed by atoms with E-state index in [0.29, 0.717) is 12.1 Å². The number of aryl methyl sites for hydroxylation is 3. The number of rotatable bonds is 7. The highest BCUT2D eigenvalue weighted by atomic mass is 16.1. The molecule has 6 heteroatoms. The molecule has 0 atom stereocenters. The number of carbonyl (C=O) groups excluding carboxylic acids is 1. The first-order valence-electron chi connectivity index (χ1n) is 9.34. The first-order chi connectivity index (χ1) is 13.1. The molecular formula is C21H25N5O. The molecule has 27 heavy (non-hydrogen) atoms. The highest BCUT2D eigenvalue weighted by Gasteiger charge is 2.10. The zero-order valence-electron chi connectivity index (χ0n) is 16.1. The molecule has 0 aliphatic carbocycles. The van der Waals surface area contributed by atoms with Crippen LogP contribution < -0.4 is 5.32 Å². The van der Waals surface area contributed by atoms with Crippen LogP contribution in [0.2, 0.25) is 0 Å². The SMILES string of the molecule is CCCn1ccnc1CNC(=O)c1cccc(-c2cc(CC)nc(C)n2)c1. The van der Waals surface area contributed by atoms with Crippen molar-refractivity contribution in [3.05, 3.63) is 65.6 Å². The molecule has 0 radical (unpaired) electrons. The van der Waals surface area contributed by atoms with Crippen molar-refractivity contribution in [2.45, 2.75) is 46.7 Å². The number of hydrogen-bond acceptors (Lipinski definition) is 4. The average molecular weight is 363 g/mol. The summed E-state index contributed by atoms with van der Waals surface area (Å²) in [6, 6.07) is 9.50. The quantitative estimate of drug-likeness (QED) is 0.697. The molecule has 0 bridgehead atoms. The third kappa shape index (κ3) is 4.58. The summed E-state index contributed by atoms with van der Waals surface area (Å²) in [5.41, 5.74) is 3.35. The molecule has 1 amide bonds. The highest BCUT2D eigenvalue weighted by molar-refractivity contribution is 5.95. The second-order valence-corrected chi connectivity index (χ2v) is 6.45. The third-order valence-corrected chi connectivity index (χ3v) is 4.35. The van der Waals surface area contributed by atoms with Gasteiger partial charge in [-0.2, -0.15) is 0 Å². The molecule has 3 aromatic rings. The maximum atomic E-state index is 12.6. The summed E-state index contributed by atoms with van der Waals surface area (Å²) in [5, 5.41) is 2.96. The molecule has 1 N–H and O–H groups in total. The van der Waals surface area contributed by atoms with Gasteiger partial charge in [0.1, 0.15) is 11.6 Å². The molecule has 2 heterocycles. The number of carbonyl (C=O) groups is 1. The first-order valence-corrected chi connectivity index (χ1v) is 9.34. The van der Waals surface area contributed by atoms with E-state index in [1.807, 2.05) is 43.5 Å². The Hall–Kier alpha value is -3.02. The monoisotopic (exact) mass is 363 g/mol. The van der Waals surface area contributed by atoms with E-state index in [1.165, 1.54) is 0 Å². The topological polar surface area (TPSA) is 72.7 Å². The number of imidazole rings is 1. The van der Waals surface area contributed by atoms with E-state index in [9.17, 15) is 4.79 Å². The molecule has 0 unspecified atom stereocenters. The minimum Gasteiger partial charge on any atom is -0.345 e. The maximum Gasteiger partial charge on any atom is 0.251 e. The molecule has 3 rings (SSSR count). The van der Waals surface area contributed by atoms with Crippen molar-refractivity contribution in [2.24, 2.45) is 0 Å². The molecule has 0 saturated carbocycles. The standard InChI is InChI=1S/C21H25N5O/c1-4-10-26-11-9-22-20(26)14-23-21(27)17-8-6-7-16(12-17)19-13-18(5-2)24-15(3)25-19/h6-9,11-13H,4-5,10,14H2,1-3H3,(H,23,27). The van der Waals surface area contributed by atoms with Gasteiger partial charge in [0.15, 0.2) is 0 Å². The predicted molar refractivity (Wildman–Crippen MR) is 105 cm³/mol. The maximum absolute atomic E-state index is 12.6. The van der Waals surface area contributed by atoms with Gasteiger partial charge in [-0.3, -0.25) is 4.79 Å². The molecule has 0 spiro atoms. The second kappa shape index (κ2) is 8.58. The lowest BCUT2D eigenvalue weighted by molar-refractivity contribution is 0.0949. The van der Waals surface area contributed by atoms with E-state index < -0.39 is 0 Å². The molecule has 0 fully saturated rings. The van der Waals surface area contributed by atoms with Crippen molar-refractivity contribution in [1.29, 1.82) is 0 Å². The van der Waals surface area contributed by atoms with Gasteiger partial charge < -0.3 is 9.88 Å². The minimum atomic E-state index is -0.121. The van der Waals surface area contributed by atoms with Crippen LogP contribution in [-0.2, 0) is 19.5 Å². The minimum absolute atomic E-state index is 0.121. The van der Waals surface area contributed by atoms with Crippen molar-refractivity contribution in [1.82, 2.24) is 24.8 Å². The Labute approximate surface area is 159 Å². The average Bonchev–Trinajstić information content (AvgIpc) is 3.13. The van der Waals surface area contributed by atoms with Crippen LogP contribution in [0, 0.1) is 6.92 Å². The summed E-state index contributed by atoms with van der Waals surface area (Å²) >= 11 is 0. The molecule has 6 nitrogen and oxygen atoms in total. The van der Waals surface area contributed by atoms with Crippen LogP contribution in [0.1, 0.15) is 48.0 Å². The number of hydrogen-bond donors (Lipinski definition) is 1. The lowest BCUT2D eigenvalue weighted by Gasteiger charge is -2.09. The lowest BCUT2D eigenvalue weighted by Crippen LogP contribution is -2.24. The van der Waals surface area contributed by atoms with Gasteiger partial charge >= 0.3 is 0 Å². The fourth-order valence-corrected chi connectivity index (χ4v) is 2.99. The first kappa shape index (κ1) is 18.8. The van der Waals surface area contributed by atoms with Crippen molar-refractivity contribution in [3.8, 4) is 11.3 Å². The van der Waals surface area contributed by atoms with E-state index in [4.69, 9.17) is 0 Å². The lowest BCUT2D eigenvalue weighted by atomic mass is 10.1. The molecule has 140 valence electrons. The zero-order chi connectivity index (χ0) is 19.2. The Morgan fingerprint density at radius 2 is 2.04 bits per heavy atom. The summed E-state index contributed by atoms with van der Waals surface area (Å²) in [7, 11) is 0. The van der Waals surface area contributed by atoms with Crippen LogP contribution >= 0.6 is 0 Å². The summed E-state index contributed by atoms with van der Waals surface area (Å²) in [5.74, 6) is 1.48. The number of benzene rings is 1. The van der Waals surface area contributed by atoms with Gasteiger partial charge in [-0.15, -0.1) is 0 Å². The molecule has 2 aromatic heterocycles. The summed E-state index contributed by atoms with van der Waals surface area (Å²) in [4.78, 5) is 25.9. The van der Waals surface area contributed by atoms with Gasteiger partial charge in [0.25, 0.3) is 5.91 Å². The van der Waals surface area contributed by atoms with Gasteiger partial charge in [-0.05, 0) is 38.0 Å². The van der Waals surface area contributed by atoms with Gasteiger partial charge in [0, 0.05) is 35.8 Å². The highest BCUT2D eigenvalue weighted by Crippen LogP contribution is 2.20. The largest absolute Gasteiger partial charge is 0.345 e. The Morgan fingerprint density at radius 1 is 1.19 bits per heavy atom. The van der Waals surface area contributed by atoms with Crippen LogP contribution in [0.15, 0.2) is 42.7 Å². The van der Waals surface area contributed by atoms with Crippen molar-refractivity contribution in [2.75, 3.05) is 0 Å². The molecule has 0 saturated heterocycles. The van der Waals surface area contributed by atoms with Gasteiger partial charge in [0.2, 0.25) is 0 Å². The molecule has 0 aliphatic heterocycles. The van der Waals surface area contributed by atoms with Crippen LogP contribution in [0.3, 0.4) is 0 Å². The molecular weight excluding hydrogens is 338 g/mol. The van der Waals surface area contributed by atoms with Crippen molar-refractivity contribution < 1.29 is 4.79 Å². The number of aromatic nitrogens is 4. The normalized spacial score (nSPS) is 10.8. The Bertz CT molecular complexity index is 932. The van der Waals surface area contributed by atoms with E-state index in [1.54, 1.807) is 6.20 Å². The third-order valence-electron chi connectivity index (χ3n) is 4.35. The second-order valence-electron chi connectivity index (χ2n) is 6.45. The van der Waals surface area contributed by atoms with Crippen LogP contribution in [0.5, 0.6) is 0 Å². The van der Waals surface area contributed by atoms with Gasteiger partial charge in [0.05, 0.1) is 12.2 Å². The number of amides is 1. The fourth-order valence-electron chi connectivity index (χ4n) is 2.99. The van der Waals surface area contributed by atoms with E-state index in [-0.39, 0.29) is 5.91 Å². The molecule has 0 aliphatic rings. The zero-order valence-corrected chi connectivity index (χ0v) is 16.1. The summed E-state index contributed by atoms with van der Waals surface area (Å²) in [6.07, 6.45) is 5.58. The van der Waals surface area contributed by atoms with Gasteiger partial charge in [-0.25, -0.2) is 15.0 Å². The predicted octanol–water partition coefficient (Wildman–Crippen LogP) is 3.55. The van der Waals surface area contributed by atoms with Crippen LogP contribution in [0.4, 0.5) is 0 Å². The number of nitrogens with zero attached hydrogens (tertiary/aromatic N) is 4. The smallest absolute Gasteiger partial charge is 0.251 e. The van der Waals surface area contributed by atoms with Crippen LogP contribution in [-0.4, -0.2) is 25.4 Å². The summed E-state index contributed by atoms with van der Waals surface area (Å²) in [6.45, 7) is 7.37. The Kier molecular flexibility index (Phi) is 5.96. The molecule has 1 aromatic carbocycles. The fraction of sp³-hybridized carbons (Fsp3) is 0.333. The van der Waals surface area contributed by atoms with Crippen molar-refractivity contribution in [3.63, 3.8) is 0 Å². The van der Waals surface area contributed by atoms with E-state index in [2.05, 4.69) is 38.7 Å².